The van der Waals surface area contributed by atoms with Crippen LogP contribution >= 0.6 is 0 Å². The Hall–Kier alpha value is -0.700. The Labute approximate surface area is 119 Å². The molecule has 1 amide bonds. The van der Waals surface area contributed by atoms with Crippen molar-refractivity contribution in [2.45, 2.75) is 43.7 Å². The van der Waals surface area contributed by atoms with E-state index in [0.717, 1.165) is 19.3 Å². The number of carbonyl (C=O) groups excluding carboxylic acids is 1. The highest BCUT2D eigenvalue weighted by atomic mass is 32.2. The summed E-state index contributed by atoms with van der Waals surface area (Å²) in [4.78, 5) is 11.5. The first kappa shape index (κ1) is 15.7. The molecule has 1 aliphatic carbocycles. The standard InChI is InChI=1S/C12H23N3O4S/c13-12(4-5-12)11(16)14-6-8-20(17,18)15-9-10-3-1-2-7-19-10/h10,15H,1-9,13H2,(H,14,16). The van der Waals surface area contributed by atoms with Crippen molar-refractivity contribution < 1.29 is 17.9 Å². The van der Waals surface area contributed by atoms with Crippen LogP contribution in [0.25, 0.3) is 0 Å². The molecule has 1 unspecified atom stereocenters. The number of ether oxygens (including phenoxy) is 1. The highest BCUT2D eigenvalue weighted by Gasteiger charge is 2.45. The summed E-state index contributed by atoms with van der Waals surface area (Å²) in [5.74, 6) is -0.398. The van der Waals surface area contributed by atoms with E-state index in [4.69, 9.17) is 10.5 Å². The maximum absolute atomic E-state index is 11.8. The van der Waals surface area contributed by atoms with Gasteiger partial charge in [0.05, 0.1) is 17.4 Å². The first-order valence-electron chi connectivity index (χ1n) is 7.07. The molecule has 0 aromatic rings. The lowest BCUT2D eigenvalue weighted by Gasteiger charge is -2.22. The molecule has 8 heteroatoms. The lowest BCUT2D eigenvalue weighted by atomic mass is 10.1. The van der Waals surface area contributed by atoms with Crippen LogP contribution in [0.1, 0.15) is 32.1 Å². The summed E-state index contributed by atoms with van der Waals surface area (Å²) in [7, 11) is -3.39. The molecule has 0 aromatic carbocycles. The van der Waals surface area contributed by atoms with Crippen LogP contribution in [0.3, 0.4) is 0 Å². The van der Waals surface area contributed by atoms with Gasteiger partial charge in [0, 0.05) is 19.7 Å². The van der Waals surface area contributed by atoms with Crippen LogP contribution in [0.5, 0.6) is 0 Å². The van der Waals surface area contributed by atoms with E-state index in [1.807, 2.05) is 0 Å². The van der Waals surface area contributed by atoms with Crippen LogP contribution in [-0.2, 0) is 19.6 Å². The molecule has 2 rings (SSSR count). The first-order valence-corrected chi connectivity index (χ1v) is 8.73. The number of rotatable bonds is 7. The van der Waals surface area contributed by atoms with Gasteiger partial charge in [-0.2, -0.15) is 0 Å². The van der Waals surface area contributed by atoms with Crippen molar-refractivity contribution in [3.05, 3.63) is 0 Å². The normalized spacial score (nSPS) is 25.1. The summed E-state index contributed by atoms with van der Waals surface area (Å²) in [5, 5.41) is 2.56. The smallest absolute Gasteiger partial charge is 0.240 e. The molecule has 4 N–H and O–H groups in total. The van der Waals surface area contributed by atoms with E-state index in [1.165, 1.54) is 0 Å². The lowest BCUT2D eigenvalue weighted by Crippen LogP contribution is -2.45. The van der Waals surface area contributed by atoms with Crippen molar-refractivity contribution >= 4 is 15.9 Å². The molecule has 0 spiro atoms. The zero-order chi connectivity index (χ0) is 14.6. The summed E-state index contributed by atoms with van der Waals surface area (Å²) in [6, 6.07) is 0. The predicted molar refractivity (Wildman–Crippen MR) is 74.5 cm³/mol. The number of amides is 1. The molecule has 20 heavy (non-hydrogen) atoms. The molecule has 2 aliphatic rings. The number of nitrogens with one attached hydrogen (secondary N) is 2. The van der Waals surface area contributed by atoms with Gasteiger partial charge in [0.15, 0.2) is 0 Å². The molecule has 7 nitrogen and oxygen atoms in total. The zero-order valence-electron chi connectivity index (χ0n) is 11.6. The van der Waals surface area contributed by atoms with Gasteiger partial charge in [-0.05, 0) is 32.1 Å². The van der Waals surface area contributed by atoms with Gasteiger partial charge in [-0.1, -0.05) is 0 Å². The van der Waals surface area contributed by atoms with Gasteiger partial charge in [-0.3, -0.25) is 4.79 Å². The van der Waals surface area contributed by atoms with Crippen LogP contribution in [0, 0.1) is 0 Å². The van der Waals surface area contributed by atoms with E-state index in [0.29, 0.717) is 26.0 Å². The van der Waals surface area contributed by atoms with E-state index in [2.05, 4.69) is 10.0 Å². The monoisotopic (exact) mass is 305 g/mol. The largest absolute Gasteiger partial charge is 0.377 e. The Morgan fingerprint density at radius 1 is 1.35 bits per heavy atom. The number of hydrogen-bond donors (Lipinski definition) is 3. The van der Waals surface area contributed by atoms with E-state index in [1.54, 1.807) is 0 Å². The Balaban J connectivity index is 1.64. The molecular formula is C12H23N3O4S. The maximum Gasteiger partial charge on any atom is 0.240 e. The van der Waals surface area contributed by atoms with Crippen LogP contribution in [0.15, 0.2) is 0 Å². The lowest BCUT2D eigenvalue weighted by molar-refractivity contribution is -0.123. The molecule has 1 saturated heterocycles. The molecule has 1 aliphatic heterocycles. The highest BCUT2D eigenvalue weighted by molar-refractivity contribution is 7.89. The highest BCUT2D eigenvalue weighted by Crippen LogP contribution is 2.31. The van der Waals surface area contributed by atoms with Crippen molar-refractivity contribution in [2.24, 2.45) is 5.73 Å². The summed E-state index contributed by atoms with van der Waals surface area (Å²) in [6.45, 7) is 1.08. The number of carbonyl (C=O) groups is 1. The molecule has 0 bridgehead atoms. The van der Waals surface area contributed by atoms with Crippen LogP contribution in [-0.4, -0.2) is 51.4 Å². The predicted octanol–water partition coefficient (Wildman–Crippen LogP) is -0.918. The quantitative estimate of drug-likeness (QED) is 0.563. The fraction of sp³-hybridized carbons (Fsp3) is 0.917. The van der Waals surface area contributed by atoms with Gasteiger partial charge in [0.2, 0.25) is 15.9 Å². The molecule has 0 aromatic heterocycles. The SMILES string of the molecule is NC1(C(=O)NCCS(=O)(=O)NCC2CCCCO2)CC1. The number of sulfonamides is 1. The summed E-state index contributed by atoms with van der Waals surface area (Å²) in [6.07, 6.45) is 4.30. The summed E-state index contributed by atoms with van der Waals surface area (Å²) < 4.78 is 31.5. The third-order valence-corrected chi connectivity index (χ3v) is 5.05. The molecule has 1 atom stereocenters. The van der Waals surface area contributed by atoms with E-state index in [9.17, 15) is 13.2 Å². The van der Waals surface area contributed by atoms with Gasteiger partial charge in [-0.15, -0.1) is 0 Å². The van der Waals surface area contributed by atoms with Crippen LogP contribution in [0.2, 0.25) is 0 Å². The van der Waals surface area contributed by atoms with Gasteiger partial charge >= 0.3 is 0 Å². The Kier molecular flexibility index (Phi) is 5.00. The second kappa shape index (κ2) is 6.38. The second-order valence-electron chi connectivity index (χ2n) is 5.57. The Morgan fingerprint density at radius 3 is 2.70 bits per heavy atom. The van der Waals surface area contributed by atoms with Gasteiger partial charge < -0.3 is 15.8 Å². The second-order valence-corrected chi connectivity index (χ2v) is 7.49. The minimum atomic E-state index is -3.39. The third kappa shape index (κ3) is 4.69. The first-order chi connectivity index (χ1) is 9.41. The molecule has 0 radical (unpaired) electrons. The third-order valence-electron chi connectivity index (χ3n) is 3.70. The molecule has 2 fully saturated rings. The minimum Gasteiger partial charge on any atom is -0.377 e. The average molecular weight is 305 g/mol. The number of hydrogen-bond acceptors (Lipinski definition) is 5. The minimum absolute atomic E-state index is 0.0353. The van der Waals surface area contributed by atoms with Gasteiger partial charge in [0.25, 0.3) is 0 Å². The van der Waals surface area contributed by atoms with Gasteiger partial charge in [-0.25, -0.2) is 13.1 Å². The molecular weight excluding hydrogens is 282 g/mol. The van der Waals surface area contributed by atoms with Crippen LogP contribution < -0.4 is 15.8 Å². The van der Waals surface area contributed by atoms with E-state index >= 15 is 0 Å². The Bertz CT molecular complexity index is 442. The molecule has 1 heterocycles. The number of nitrogens with two attached hydrogens (primary N) is 1. The summed E-state index contributed by atoms with van der Waals surface area (Å²) >= 11 is 0. The zero-order valence-corrected chi connectivity index (χ0v) is 12.4. The topological polar surface area (TPSA) is 111 Å². The van der Waals surface area contributed by atoms with Crippen molar-refractivity contribution in [3.63, 3.8) is 0 Å². The van der Waals surface area contributed by atoms with Crippen molar-refractivity contribution in [2.75, 3.05) is 25.4 Å². The fourth-order valence-corrected chi connectivity index (χ4v) is 3.05. The average Bonchev–Trinajstić information content (AvgIpc) is 3.17. The van der Waals surface area contributed by atoms with Crippen LogP contribution in [0.4, 0.5) is 0 Å². The van der Waals surface area contributed by atoms with Crippen molar-refractivity contribution in [1.29, 1.82) is 0 Å². The van der Waals surface area contributed by atoms with Crippen molar-refractivity contribution in [3.8, 4) is 0 Å². The fourth-order valence-electron chi connectivity index (χ4n) is 2.10. The molecule has 1 saturated carbocycles. The van der Waals surface area contributed by atoms with Gasteiger partial charge in [0.1, 0.15) is 0 Å². The van der Waals surface area contributed by atoms with E-state index < -0.39 is 15.6 Å². The Morgan fingerprint density at radius 2 is 2.10 bits per heavy atom. The summed E-state index contributed by atoms with van der Waals surface area (Å²) in [5.41, 5.74) is 4.95. The maximum atomic E-state index is 11.8. The molecule has 116 valence electrons. The van der Waals surface area contributed by atoms with E-state index in [-0.39, 0.29) is 24.3 Å². The van der Waals surface area contributed by atoms with Crippen molar-refractivity contribution in [1.82, 2.24) is 10.0 Å².